The molecular formula is C13H12O2. The number of allylic oxidation sites excluding steroid dienone is 2. The van der Waals surface area contributed by atoms with Gasteiger partial charge in [-0.3, -0.25) is 9.59 Å². The second kappa shape index (κ2) is 4.22. The smallest absolute Gasteiger partial charge is 0.169 e. The van der Waals surface area contributed by atoms with Crippen LogP contribution < -0.4 is 0 Å². The molecule has 2 nitrogen and oxygen atoms in total. The lowest BCUT2D eigenvalue weighted by Gasteiger charge is -2.14. The molecule has 15 heavy (non-hydrogen) atoms. The van der Waals surface area contributed by atoms with Crippen molar-refractivity contribution in [3.8, 4) is 0 Å². The molecule has 0 saturated carbocycles. The molecule has 0 aliphatic heterocycles. The van der Waals surface area contributed by atoms with Gasteiger partial charge in [-0.25, -0.2) is 0 Å². The van der Waals surface area contributed by atoms with Crippen molar-refractivity contribution in [2.75, 3.05) is 0 Å². The zero-order valence-corrected chi connectivity index (χ0v) is 8.35. The molecular weight excluding hydrogens is 188 g/mol. The van der Waals surface area contributed by atoms with Crippen LogP contribution in [0.4, 0.5) is 0 Å². The van der Waals surface area contributed by atoms with Gasteiger partial charge in [0, 0.05) is 17.9 Å². The highest BCUT2D eigenvalue weighted by atomic mass is 16.1. The zero-order chi connectivity index (χ0) is 10.7. The van der Waals surface area contributed by atoms with Crippen molar-refractivity contribution < 1.29 is 9.59 Å². The molecule has 0 bridgehead atoms. The predicted molar refractivity (Wildman–Crippen MR) is 57.6 cm³/mol. The van der Waals surface area contributed by atoms with Gasteiger partial charge in [0.05, 0.1) is 0 Å². The Hall–Kier alpha value is -1.70. The van der Waals surface area contributed by atoms with Crippen molar-refractivity contribution in [3.63, 3.8) is 0 Å². The maximum absolute atomic E-state index is 11.9. The van der Waals surface area contributed by atoms with Crippen LogP contribution in [0.1, 0.15) is 23.2 Å². The maximum atomic E-state index is 11.9. The van der Waals surface area contributed by atoms with E-state index in [1.54, 1.807) is 6.08 Å². The van der Waals surface area contributed by atoms with Gasteiger partial charge in [-0.05, 0) is 12.5 Å². The van der Waals surface area contributed by atoms with Crippen LogP contribution in [0.3, 0.4) is 0 Å². The topological polar surface area (TPSA) is 34.1 Å². The van der Waals surface area contributed by atoms with Crippen LogP contribution in [-0.2, 0) is 4.79 Å². The van der Waals surface area contributed by atoms with Gasteiger partial charge in [0.25, 0.3) is 0 Å². The summed E-state index contributed by atoms with van der Waals surface area (Å²) in [5.41, 5.74) is 0.724. The van der Waals surface area contributed by atoms with E-state index in [1.807, 2.05) is 30.3 Å². The minimum atomic E-state index is -0.120. The lowest BCUT2D eigenvalue weighted by Crippen LogP contribution is -2.17. The average Bonchev–Trinajstić information content (AvgIpc) is 2.30. The van der Waals surface area contributed by atoms with E-state index in [1.165, 1.54) is 6.08 Å². The fourth-order valence-corrected chi connectivity index (χ4v) is 1.74. The van der Waals surface area contributed by atoms with Crippen molar-refractivity contribution in [2.24, 2.45) is 5.92 Å². The normalized spacial score (nSPS) is 20.3. The molecule has 0 amide bonds. The average molecular weight is 200 g/mol. The second-order valence-electron chi connectivity index (χ2n) is 3.70. The standard InChI is InChI=1S/C13H12O2/c14-12-8-6-11(7-9-12)13(15)10-4-2-1-3-5-10/h1-6,8,11H,7,9H2. The summed E-state index contributed by atoms with van der Waals surface area (Å²) in [6.45, 7) is 0. The molecule has 1 aromatic rings. The Morgan fingerprint density at radius 2 is 1.93 bits per heavy atom. The Labute approximate surface area is 88.6 Å². The van der Waals surface area contributed by atoms with Crippen molar-refractivity contribution in [1.82, 2.24) is 0 Å². The van der Waals surface area contributed by atoms with Crippen molar-refractivity contribution >= 4 is 11.6 Å². The number of rotatable bonds is 2. The predicted octanol–water partition coefficient (Wildman–Crippen LogP) is 2.40. The second-order valence-corrected chi connectivity index (χ2v) is 3.70. The highest BCUT2D eigenvalue weighted by molar-refractivity contribution is 6.01. The molecule has 76 valence electrons. The minimum Gasteiger partial charge on any atom is -0.295 e. The number of carbonyl (C=O) groups is 2. The zero-order valence-electron chi connectivity index (χ0n) is 8.35. The third kappa shape index (κ3) is 2.21. The SMILES string of the molecule is O=C1C=CC(C(=O)c2ccccc2)CC1. The van der Waals surface area contributed by atoms with Gasteiger partial charge in [-0.1, -0.05) is 36.4 Å². The first kappa shape index (κ1) is 9.84. The first-order chi connectivity index (χ1) is 7.27. The largest absolute Gasteiger partial charge is 0.295 e. The van der Waals surface area contributed by atoms with Crippen molar-refractivity contribution in [1.29, 1.82) is 0 Å². The van der Waals surface area contributed by atoms with Crippen LogP contribution in [0.25, 0.3) is 0 Å². The summed E-state index contributed by atoms with van der Waals surface area (Å²) >= 11 is 0. The summed E-state index contributed by atoms with van der Waals surface area (Å²) in [6.07, 6.45) is 4.37. The molecule has 1 unspecified atom stereocenters. The minimum absolute atomic E-state index is 0.111. The Kier molecular flexibility index (Phi) is 2.77. The lowest BCUT2D eigenvalue weighted by molar-refractivity contribution is -0.115. The quantitative estimate of drug-likeness (QED) is 0.687. The van der Waals surface area contributed by atoms with E-state index >= 15 is 0 Å². The Bertz CT molecular complexity index is 404. The summed E-state index contributed by atoms with van der Waals surface area (Å²) < 4.78 is 0. The Balaban J connectivity index is 2.16. The molecule has 0 heterocycles. The maximum Gasteiger partial charge on any atom is 0.169 e. The number of hydrogen-bond donors (Lipinski definition) is 0. The van der Waals surface area contributed by atoms with Crippen LogP contribution >= 0.6 is 0 Å². The summed E-state index contributed by atoms with van der Waals surface area (Å²) in [4.78, 5) is 22.9. The van der Waals surface area contributed by atoms with E-state index in [0.717, 1.165) is 5.56 Å². The third-order valence-corrected chi connectivity index (χ3v) is 2.61. The van der Waals surface area contributed by atoms with E-state index < -0.39 is 0 Å². The first-order valence-electron chi connectivity index (χ1n) is 5.07. The van der Waals surface area contributed by atoms with Crippen molar-refractivity contribution in [3.05, 3.63) is 48.0 Å². The van der Waals surface area contributed by atoms with Crippen LogP contribution in [-0.4, -0.2) is 11.6 Å². The van der Waals surface area contributed by atoms with Gasteiger partial charge in [-0.15, -0.1) is 0 Å². The number of carbonyl (C=O) groups excluding carboxylic acids is 2. The van der Waals surface area contributed by atoms with Gasteiger partial charge < -0.3 is 0 Å². The van der Waals surface area contributed by atoms with Crippen LogP contribution in [0.15, 0.2) is 42.5 Å². The number of hydrogen-bond acceptors (Lipinski definition) is 2. The van der Waals surface area contributed by atoms with Gasteiger partial charge >= 0.3 is 0 Å². The third-order valence-electron chi connectivity index (χ3n) is 2.61. The first-order valence-corrected chi connectivity index (χ1v) is 5.07. The van der Waals surface area contributed by atoms with Gasteiger partial charge in [-0.2, -0.15) is 0 Å². The Morgan fingerprint density at radius 1 is 1.20 bits per heavy atom. The van der Waals surface area contributed by atoms with Gasteiger partial charge in [0.15, 0.2) is 11.6 Å². The molecule has 0 fully saturated rings. The molecule has 0 radical (unpaired) electrons. The fourth-order valence-electron chi connectivity index (χ4n) is 1.74. The summed E-state index contributed by atoms with van der Waals surface area (Å²) in [7, 11) is 0. The number of ketones is 2. The van der Waals surface area contributed by atoms with Gasteiger partial charge in [0.2, 0.25) is 0 Å². The molecule has 1 aliphatic rings. The van der Waals surface area contributed by atoms with Crippen LogP contribution in [0.5, 0.6) is 0 Å². The van der Waals surface area contributed by atoms with E-state index in [4.69, 9.17) is 0 Å². The monoisotopic (exact) mass is 200 g/mol. The molecule has 2 rings (SSSR count). The van der Waals surface area contributed by atoms with E-state index in [2.05, 4.69) is 0 Å². The van der Waals surface area contributed by atoms with E-state index in [0.29, 0.717) is 12.8 Å². The molecule has 1 aromatic carbocycles. The van der Waals surface area contributed by atoms with E-state index in [9.17, 15) is 9.59 Å². The molecule has 0 N–H and O–H groups in total. The summed E-state index contributed by atoms with van der Waals surface area (Å²) in [6, 6.07) is 9.21. The molecule has 0 spiro atoms. The molecule has 2 heteroatoms. The van der Waals surface area contributed by atoms with Crippen LogP contribution in [0.2, 0.25) is 0 Å². The summed E-state index contributed by atoms with van der Waals surface area (Å²) in [5.74, 6) is 0.108. The molecule has 0 aromatic heterocycles. The van der Waals surface area contributed by atoms with Gasteiger partial charge in [0.1, 0.15) is 0 Å². The number of benzene rings is 1. The molecule has 1 aliphatic carbocycles. The molecule has 1 atom stereocenters. The summed E-state index contributed by atoms with van der Waals surface area (Å²) in [5, 5.41) is 0. The van der Waals surface area contributed by atoms with Crippen LogP contribution in [0, 0.1) is 5.92 Å². The molecule has 0 saturated heterocycles. The number of Topliss-reactive ketones (excluding diaryl/α,β-unsaturated/α-hetero) is 1. The lowest BCUT2D eigenvalue weighted by atomic mass is 9.88. The van der Waals surface area contributed by atoms with Crippen molar-refractivity contribution in [2.45, 2.75) is 12.8 Å². The van der Waals surface area contributed by atoms with E-state index in [-0.39, 0.29) is 17.5 Å². The highest BCUT2D eigenvalue weighted by Gasteiger charge is 2.20. The highest BCUT2D eigenvalue weighted by Crippen LogP contribution is 2.19. The Morgan fingerprint density at radius 3 is 2.53 bits per heavy atom. The fraction of sp³-hybridized carbons (Fsp3) is 0.231.